The molecule has 13 heavy (non-hydrogen) atoms. The highest BCUT2D eigenvalue weighted by molar-refractivity contribution is 5.71. The van der Waals surface area contributed by atoms with Gasteiger partial charge in [0.1, 0.15) is 5.75 Å². The van der Waals surface area contributed by atoms with Gasteiger partial charge in [-0.1, -0.05) is 6.07 Å². The lowest BCUT2D eigenvalue weighted by atomic mass is 10.0. The van der Waals surface area contributed by atoms with Gasteiger partial charge in [0.15, 0.2) is 0 Å². The van der Waals surface area contributed by atoms with Gasteiger partial charge in [0, 0.05) is 0 Å². The van der Waals surface area contributed by atoms with Crippen molar-refractivity contribution in [3.05, 3.63) is 28.8 Å². The number of hydrogen-bond acceptors (Lipinski definition) is 2. The van der Waals surface area contributed by atoms with Crippen molar-refractivity contribution >= 4 is 5.97 Å². The lowest BCUT2D eigenvalue weighted by molar-refractivity contribution is -0.136. The maximum absolute atomic E-state index is 10.5. The number of hydrogen-bond donors (Lipinski definition) is 2. The molecule has 0 bridgehead atoms. The molecule has 0 amide bonds. The molecule has 1 aromatic carbocycles. The normalized spacial score (nSPS) is 10.0. The number of rotatable bonds is 2. The molecule has 1 aromatic rings. The van der Waals surface area contributed by atoms with Gasteiger partial charge >= 0.3 is 5.97 Å². The van der Waals surface area contributed by atoms with E-state index in [0.717, 1.165) is 5.56 Å². The summed E-state index contributed by atoms with van der Waals surface area (Å²) in [5.41, 5.74) is 2.19. The van der Waals surface area contributed by atoms with Gasteiger partial charge in [-0.2, -0.15) is 0 Å². The average Bonchev–Trinajstić information content (AvgIpc) is 1.98. The first-order chi connectivity index (χ1) is 6.00. The summed E-state index contributed by atoms with van der Waals surface area (Å²) in [7, 11) is 0. The minimum Gasteiger partial charge on any atom is -0.508 e. The van der Waals surface area contributed by atoms with Crippen LogP contribution in [0.25, 0.3) is 0 Å². The molecule has 0 aliphatic carbocycles. The van der Waals surface area contributed by atoms with E-state index in [0.29, 0.717) is 11.1 Å². The fraction of sp³-hybridized carbons (Fsp3) is 0.300. The minimum atomic E-state index is -0.881. The highest BCUT2D eigenvalue weighted by Crippen LogP contribution is 2.22. The Morgan fingerprint density at radius 3 is 2.54 bits per heavy atom. The van der Waals surface area contributed by atoms with E-state index in [1.165, 1.54) is 0 Å². The molecular formula is C10H12O3. The molecule has 0 atom stereocenters. The first kappa shape index (κ1) is 9.58. The van der Waals surface area contributed by atoms with Gasteiger partial charge in [0.2, 0.25) is 0 Å². The zero-order chi connectivity index (χ0) is 10.0. The molecule has 0 heterocycles. The molecule has 0 aliphatic rings. The lowest BCUT2D eigenvalue weighted by Gasteiger charge is -2.06. The summed E-state index contributed by atoms with van der Waals surface area (Å²) < 4.78 is 0. The van der Waals surface area contributed by atoms with Gasteiger partial charge in [-0.3, -0.25) is 4.79 Å². The second kappa shape index (κ2) is 3.47. The van der Waals surface area contributed by atoms with Crippen molar-refractivity contribution in [2.75, 3.05) is 0 Å². The van der Waals surface area contributed by atoms with Crippen LogP contribution in [0.15, 0.2) is 12.1 Å². The highest BCUT2D eigenvalue weighted by atomic mass is 16.4. The van der Waals surface area contributed by atoms with Crippen LogP contribution in [0.2, 0.25) is 0 Å². The molecule has 0 unspecified atom stereocenters. The summed E-state index contributed by atoms with van der Waals surface area (Å²) in [6, 6.07) is 3.41. The quantitative estimate of drug-likeness (QED) is 0.727. The number of carbonyl (C=O) groups is 1. The van der Waals surface area contributed by atoms with Gasteiger partial charge in [0.25, 0.3) is 0 Å². The SMILES string of the molecule is Cc1cc(O)c(C)c(CC(=O)O)c1. The topological polar surface area (TPSA) is 57.5 Å². The number of carboxylic acids is 1. The second-order valence-electron chi connectivity index (χ2n) is 3.14. The molecule has 0 saturated heterocycles. The van der Waals surface area contributed by atoms with Crippen LogP contribution in [0.4, 0.5) is 0 Å². The zero-order valence-corrected chi connectivity index (χ0v) is 7.66. The lowest BCUT2D eigenvalue weighted by Crippen LogP contribution is -2.02. The molecule has 0 aromatic heterocycles. The fourth-order valence-corrected chi connectivity index (χ4v) is 1.26. The third kappa shape index (κ3) is 2.21. The van der Waals surface area contributed by atoms with E-state index in [1.807, 2.05) is 6.92 Å². The number of carboxylic acid groups (broad SMARTS) is 1. The molecule has 1 rings (SSSR count). The third-order valence-corrected chi connectivity index (χ3v) is 1.97. The van der Waals surface area contributed by atoms with Gasteiger partial charge in [-0.15, -0.1) is 0 Å². The first-order valence-corrected chi connectivity index (χ1v) is 4.01. The maximum Gasteiger partial charge on any atom is 0.307 e. The average molecular weight is 180 g/mol. The van der Waals surface area contributed by atoms with Crippen LogP contribution < -0.4 is 0 Å². The third-order valence-electron chi connectivity index (χ3n) is 1.97. The number of phenols is 1. The van der Waals surface area contributed by atoms with Crippen molar-refractivity contribution in [2.24, 2.45) is 0 Å². The highest BCUT2D eigenvalue weighted by Gasteiger charge is 2.07. The smallest absolute Gasteiger partial charge is 0.307 e. The predicted molar refractivity (Wildman–Crippen MR) is 48.9 cm³/mol. The maximum atomic E-state index is 10.5. The van der Waals surface area contributed by atoms with Crippen LogP contribution in [0.3, 0.4) is 0 Å². The van der Waals surface area contributed by atoms with Crippen molar-refractivity contribution in [2.45, 2.75) is 20.3 Å². The van der Waals surface area contributed by atoms with Crippen molar-refractivity contribution in [3.8, 4) is 5.75 Å². The van der Waals surface area contributed by atoms with Gasteiger partial charge in [-0.05, 0) is 36.6 Å². The Hall–Kier alpha value is -1.51. The van der Waals surface area contributed by atoms with E-state index < -0.39 is 5.97 Å². The molecule has 0 aliphatic heterocycles. The van der Waals surface area contributed by atoms with Crippen LogP contribution in [0, 0.1) is 13.8 Å². The Morgan fingerprint density at radius 2 is 2.00 bits per heavy atom. The summed E-state index contributed by atoms with van der Waals surface area (Å²) in [5, 5.41) is 18.0. The Bertz CT molecular complexity index is 342. The van der Waals surface area contributed by atoms with Crippen LogP contribution >= 0.6 is 0 Å². The van der Waals surface area contributed by atoms with E-state index in [2.05, 4.69) is 0 Å². The minimum absolute atomic E-state index is 0.0406. The predicted octanol–water partition coefficient (Wildman–Crippen LogP) is 1.64. The van der Waals surface area contributed by atoms with Gasteiger partial charge in [0.05, 0.1) is 6.42 Å². The molecule has 0 fully saturated rings. The van der Waals surface area contributed by atoms with E-state index in [-0.39, 0.29) is 12.2 Å². The second-order valence-corrected chi connectivity index (χ2v) is 3.14. The van der Waals surface area contributed by atoms with Gasteiger partial charge < -0.3 is 10.2 Å². The van der Waals surface area contributed by atoms with Crippen LogP contribution in [0.5, 0.6) is 5.75 Å². The summed E-state index contributed by atoms with van der Waals surface area (Å²) in [4.78, 5) is 10.5. The molecule has 3 heteroatoms. The van der Waals surface area contributed by atoms with E-state index in [4.69, 9.17) is 5.11 Å². The van der Waals surface area contributed by atoms with Crippen molar-refractivity contribution in [1.82, 2.24) is 0 Å². The number of aliphatic carboxylic acids is 1. The van der Waals surface area contributed by atoms with Crippen molar-refractivity contribution in [3.63, 3.8) is 0 Å². The summed E-state index contributed by atoms with van der Waals surface area (Å²) in [6.07, 6.45) is -0.0406. The number of aryl methyl sites for hydroxylation is 1. The Kier molecular flexibility index (Phi) is 2.56. The molecule has 0 spiro atoms. The molecule has 3 nitrogen and oxygen atoms in total. The first-order valence-electron chi connectivity index (χ1n) is 4.01. The summed E-state index contributed by atoms with van der Waals surface area (Å²) in [5.74, 6) is -0.718. The largest absolute Gasteiger partial charge is 0.508 e. The number of phenolic OH excluding ortho intramolecular Hbond substituents is 1. The zero-order valence-electron chi connectivity index (χ0n) is 7.66. The molecule has 70 valence electrons. The molecule has 0 saturated carbocycles. The number of benzene rings is 1. The Balaban J connectivity index is 3.12. The Labute approximate surface area is 76.6 Å². The molecular weight excluding hydrogens is 168 g/mol. The summed E-state index contributed by atoms with van der Waals surface area (Å²) in [6.45, 7) is 3.54. The van der Waals surface area contributed by atoms with Crippen molar-refractivity contribution < 1.29 is 15.0 Å². The number of aromatic hydroxyl groups is 1. The van der Waals surface area contributed by atoms with Crippen LogP contribution in [0.1, 0.15) is 16.7 Å². The standard InChI is InChI=1S/C10H12O3/c1-6-3-8(5-10(12)13)7(2)9(11)4-6/h3-4,11H,5H2,1-2H3,(H,12,13). The van der Waals surface area contributed by atoms with E-state index >= 15 is 0 Å². The van der Waals surface area contributed by atoms with Gasteiger partial charge in [-0.25, -0.2) is 0 Å². The Morgan fingerprint density at radius 1 is 1.38 bits per heavy atom. The molecule has 2 N–H and O–H groups in total. The summed E-state index contributed by atoms with van der Waals surface area (Å²) >= 11 is 0. The van der Waals surface area contributed by atoms with E-state index in [1.54, 1.807) is 19.1 Å². The monoisotopic (exact) mass is 180 g/mol. The van der Waals surface area contributed by atoms with Crippen LogP contribution in [-0.2, 0) is 11.2 Å². The molecule has 0 radical (unpaired) electrons. The van der Waals surface area contributed by atoms with E-state index in [9.17, 15) is 9.90 Å². The fourth-order valence-electron chi connectivity index (χ4n) is 1.26. The van der Waals surface area contributed by atoms with Crippen LogP contribution in [-0.4, -0.2) is 16.2 Å². The van der Waals surface area contributed by atoms with Crippen molar-refractivity contribution in [1.29, 1.82) is 0 Å².